The molecule has 0 spiro atoms. The van der Waals surface area contributed by atoms with Gasteiger partial charge in [0.05, 0.1) is 19.9 Å². The number of hydrogen-bond donors (Lipinski definition) is 1. The molecule has 1 N–H and O–H groups in total. The number of carbonyl (C=O) groups is 3. The summed E-state index contributed by atoms with van der Waals surface area (Å²) in [7, 11) is 1.31. The zero-order valence-corrected chi connectivity index (χ0v) is 13.7. The molecule has 2 amide bonds. The van der Waals surface area contributed by atoms with Crippen LogP contribution in [0.4, 0.5) is 10.6 Å². The molecule has 1 aromatic heterocycles. The minimum absolute atomic E-state index is 0.0784. The number of aromatic nitrogens is 3. The molecular weight excluding hydrogens is 318 g/mol. The Morgan fingerprint density at radius 2 is 2.17 bits per heavy atom. The van der Waals surface area contributed by atoms with Crippen LogP contribution in [0.2, 0.25) is 0 Å². The van der Waals surface area contributed by atoms with Gasteiger partial charge in [0.25, 0.3) is 0 Å². The molecule has 132 valence electrons. The van der Waals surface area contributed by atoms with E-state index in [9.17, 15) is 14.4 Å². The minimum Gasteiger partial charge on any atom is -0.467 e. The van der Waals surface area contributed by atoms with Crippen molar-refractivity contribution in [1.29, 1.82) is 0 Å². The zero-order chi connectivity index (χ0) is 17.5. The third kappa shape index (κ3) is 4.43. The Bertz CT molecular complexity index is 602. The number of amides is 2. The molecule has 10 nitrogen and oxygen atoms in total. The second-order valence-electron chi connectivity index (χ2n) is 5.27. The Hall–Kier alpha value is -2.65. The zero-order valence-electron chi connectivity index (χ0n) is 13.7. The molecule has 0 saturated carbocycles. The second kappa shape index (κ2) is 8.27. The molecule has 0 aliphatic carbocycles. The summed E-state index contributed by atoms with van der Waals surface area (Å²) < 4.78 is 10.8. The van der Waals surface area contributed by atoms with Crippen LogP contribution in [0, 0.1) is 0 Å². The van der Waals surface area contributed by atoms with Crippen LogP contribution in [0.25, 0.3) is 0 Å². The molecule has 1 saturated heterocycles. The van der Waals surface area contributed by atoms with Crippen molar-refractivity contribution in [2.45, 2.75) is 38.8 Å². The number of piperidine rings is 1. The van der Waals surface area contributed by atoms with E-state index in [-0.39, 0.29) is 24.9 Å². The molecule has 0 bridgehead atoms. The van der Waals surface area contributed by atoms with E-state index in [1.165, 1.54) is 22.9 Å². The highest BCUT2D eigenvalue weighted by Crippen LogP contribution is 2.18. The average Bonchev–Trinajstić information content (AvgIpc) is 3.01. The standard InChI is InChI=1S/C14H21N5O5/c1-3-24-14(22)15-11-8-18(17-16-11)9-12(20)19-7-5-4-6-10(19)13(21)23-2/h8,10H,3-7,9H2,1-2H3,(H,15,22). The van der Waals surface area contributed by atoms with Gasteiger partial charge in [-0.2, -0.15) is 0 Å². The van der Waals surface area contributed by atoms with Crippen LogP contribution in [0.5, 0.6) is 0 Å². The van der Waals surface area contributed by atoms with Gasteiger partial charge < -0.3 is 14.4 Å². The Morgan fingerprint density at radius 1 is 1.38 bits per heavy atom. The highest BCUT2D eigenvalue weighted by molar-refractivity contribution is 5.85. The third-order valence-corrected chi connectivity index (χ3v) is 3.64. The number of methoxy groups -OCH3 is 1. The van der Waals surface area contributed by atoms with Crippen molar-refractivity contribution in [3.63, 3.8) is 0 Å². The van der Waals surface area contributed by atoms with Crippen molar-refractivity contribution in [2.75, 3.05) is 25.6 Å². The predicted molar refractivity (Wildman–Crippen MR) is 82.0 cm³/mol. The van der Waals surface area contributed by atoms with Gasteiger partial charge in [-0.3, -0.25) is 10.1 Å². The van der Waals surface area contributed by atoms with Gasteiger partial charge >= 0.3 is 12.1 Å². The van der Waals surface area contributed by atoms with E-state index >= 15 is 0 Å². The maximum Gasteiger partial charge on any atom is 0.412 e. The highest BCUT2D eigenvalue weighted by atomic mass is 16.5. The van der Waals surface area contributed by atoms with Gasteiger partial charge in [0.1, 0.15) is 12.6 Å². The minimum atomic E-state index is -0.641. The molecule has 1 aromatic rings. The fraction of sp³-hybridized carbons (Fsp3) is 0.643. The molecule has 24 heavy (non-hydrogen) atoms. The molecule has 0 radical (unpaired) electrons. The first-order chi connectivity index (χ1) is 11.5. The molecule has 2 heterocycles. The lowest BCUT2D eigenvalue weighted by atomic mass is 10.0. The lowest BCUT2D eigenvalue weighted by Gasteiger charge is -2.33. The van der Waals surface area contributed by atoms with E-state index in [4.69, 9.17) is 9.47 Å². The maximum atomic E-state index is 12.4. The number of anilines is 1. The van der Waals surface area contributed by atoms with Crippen molar-refractivity contribution >= 4 is 23.8 Å². The van der Waals surface area contributed by atoms with E-state index in [0.717, 1.165) is 12.8 Å². The largest absolute Gasteiger partial charge is 0.467 e. The summed E-state index contributed by atoms with van der Waals surface area (Å²) in [6.45, 7) is 2.35. The van der Waals surface area contributed by atoms with Gasteiger partial charge in [0.15, 0.2) is 5.82 Å². The molecule has 1 atom stereocenters. The van der Waals surface area contributed by atoms with Crippen LogP contribution >= 0.6 is 0 Å². The van der Waals surface area contributed by atoms with E-state index < -0.39 is 18.1 Å². The predicted octanol–water partition coefficient (Wildman–Crippen LogP) is 0.401. The van der Waals surface area contributed by atoms with E-state index in [2.05, 4.69) is 15.6 Å². The number of likely N-dealkylation sites (tertiary alicyclic amines) is 1. The average molecular weight is 339 g/mol. The molecule has 2 rings (SSSR count). The fourth-order valence-electron chi connectivity index (χ4n) is 2.55. The first-order valence-corrected chi connectivity index (χ1v) is 7.76. The maximum absolute atomic E-state index is 12.4. The summed E-state index contributed by atoms with van der Waals surface area (Å²) in [5, 5.41) is 9.93. The number of esters is 1. The van der Waals surface area contributed by atoms with Gasteiger partial charge in [-0.15, -0.1) is 5.10 Å². The lowest BCUT2D eigenvalue weighted by Crippen LogP contribution is -2.49. The molecule has 10 heteroatoms. The van der Waals surface area contributed by atoms with Crippen molar-refractivity contribution < 1.29 is 23.9 Å². The van der Waals surface area contributed by atoms with Crippen LogP contribution in [0.15, 0.2) is 6.20 Å². The second-order valence-corrected chi connectivity index (χ2v) is 5.27. The van der Waals surface area contributed by atoms with Crippen molar-refractivity contribution in [3.8, 4) is 0 Å². The summed E-state index contributed by atoms with van der Waals surface area (Å²) in [4.78, 5) is 37.1. The first-order valence-electron chi connectivity index (χ1n) is 7.76. The molecule has 1 aliphatic rings. The summed E-state index contributed by atoms with van der Waals surface area (Å²) >= 11 is 0. The highest BCUT2D eigenvalue weighted by Gasteiger charge is 2.32. The topological polar surface area (TPSA) is 116 Å². The van der Waals surface area contributed by atoms with Gasteiger partial charge in [-0.25, -0.2) is 14.3 Å². The summed E-state index contributed by atoms with van der Waals surface area (Å²) in [6, 6.07) is -0.558. The number of ether oxygens (including phenoxy) is 2. The van der Waals surface area contributed by atoms with E-state index in [1.807, 2.05) is 0 Å². The quantitative estimate of drug-likeness (QED) is 0.772. The van der Waals surface area contributed by atoms with Gasteiger partial charge in [0, 0.05) is 6.54 Å². The Kier molecular flexibility index (Phi) is 6.10. The lowest BCUT2D eigenvalue weighted by molar-refractivity contribution is -0.155. The van der Waals surface area contributed by atoms with Crippen molar-refractivity contribution in [1.82, 2.24) is 19.9 Å². The number of nitrogens with zero attached hydrogens (tertiary/aromatic N) is 4. The van der Waals surface area contributed by atoms with Gasteiger partial charge in [-0.05, 0) is 26.2 Å². The van der Waals surface area contributed by atoms with Crippen LogP contribution in [0.1, 0.15) is 26.2 Å². The van der Waals surface area contributed by atoms with Crippen LogP contribution in [0.3, 0.4) is 0 Å². The smallest absolute Gasteiger partial charge is 0.412 e. The Morgan fingerprint density at radius 3 is 2.88 bits per heavy atom. The van der Waals surface area contributed by atoms with Gasteiger partial charge in [-0.1, -0.05) is 5.21 Å². The molecule has 0 aromatic carbocycles. The number of rotatable bonds is 5. The monoisotopic (exact) mass is 339 g/mol. The number of hydrogen-bond acceptors (Lipinski definition) is 7. The fourth-order valence-corrected chi connectivity index (χ4v) is 2.55. The first kappa shape index (κ1) is 17.7. The van der Waals surface area contributed by atoms with Crippen molar-refractivity contribution in [3.05, 3.63) is 6.20 Å². The number of carbonyl (C=O) groups excluding carboxylic acids is 3. The van der Waals surface area contributed by atoms with Crippen LogP contribution < -0.4 is 5.32 Å². The van der Waals surface area contributed by atoms with Crippen LogP contribution in [-0.4, -0.2) is 64.2 Å². The summed E-state index contributed by atoms with van der Waals surface area (Å²) in [5.74, 6) is -0.478. The Balaban J connectivity index is 1.97. The molecule has 1 unspecified atom stereocenters. The molecular formula is C14H21N5O5. The summed E-state index contributed by atoms with van der Waals surface area (Å²) in [5.41, 5.74) is 0. The molecule has 1 fully saturated rings. The van der Waals surface area contributed by atoms with Crippen molar-refractivity contribution in [2.24, 2.45) is 0 Å². The number of nitrogens with one attached hydrogen (secondary N) is 1. The molecule has 1 aliphatic heterocycles. The van der Waals surface area contributed by atoms with E-state index in [1.54, 1.807) is 6.92 Å². The normalized spacial score (nSPS) is 17.2. The van der Waals surface area contributed by atoms with Gasteiger partial charge in [0.2, 0.25) is 5.91 Å². The Labute approximate surface area is 139 Å². The summed E-state index contributed by atoms with van der Waals surface area (Å²) in [6.07, 6.45) is 3.09. The SMILES string of the molecule is CCOC(=O)Nc1cn(CC(=O)N2CCCCC2C(=O)OC)nn1. The van der Waals surface area contributed by atoms with E-state index in [0.29, 0.717) is 13.0 Å². The third-order valence-electron chi connectivity index (χ3n) is 3.64. The van der Waals surface area contributed by atoms with Crippen LogP contribution in [-0.2, 0) is 25.6 Å².